The maximum atomic E-state index is 10.3. The molecule has 0 fully saturated rings. The first-order valence-electron chi connectivity index (χ1n) is 11.3. The highest BCUT2D eigenvalue weighted by atomic mass is 16.3. The van der Waals surface area contributed by atoms with E-state index < -0.39 is 6.10 Å². The number of hydrogen-bond donors (Lipinski definition) is 3. The Morgan fingerprint density at radius 2 is 1.55 bits per heavy atom. The first-order chi connectivity index (χ1) is 14.5. The number of benzene rings is 2. The molecule has 0 radical (unpaired) electrons. The number of aryl methyl sites for hydroxylation is 2. The Morgan fingerprint density at radius 1 is 0.871 bits per heavy atom. The number of rotatable bonds is 9. The third kappa shape index (κ3) is 6.77. The molecule has 2 aromatic rings. The average molecular weight is 425 g/mol. The van der Waals surface area contributed by atoms with Crippen LogP contribution in [0.25, 0.3) is 6.08 Å². The standard InChI is InChI=1S/C28H40O3/c1-7-21-17-25(12-10-22(21)11-13-26(31)27(2,3)4)28(5,6)15-14-20-8-9-23(18-29)24(16-20)19-30/h8-13,16-17,26,29-31H,7,14-15,18-19H2,1-6H3/b13-11+. The van der Waals surface area contributed by atoms with Gasteiger partial charge in [-0.05, 0) is 63.5 Å². The molecule has 0 aromatic heterocycles. The molecule has 0 aliphatic rings. The third-order valence-corrected chi connectivity index (χ3v) is 6.30. The van der Waals surface area contributed by atoms with Crippen molar-refractivity contribution in [2.24, 2.45) is 5.41 Å². The molecule has 3 heteroatoms. The van der Waals surface area contributed by atoms with E-state index in [4.69, 9.17) is 0 Å². The zero-order chi connectivity index (χ0) is 23.2. The summed E-state index contributed by atoms with van der Waals surface area (Å²) in [5.74, 6) is 0. The second-order valence-electron chi connectivity index (χ2n) is 10.2. The Hall–Kier alpha value is -1.94. The fourth-order valence-corrected chi connectivity index (χ4v) is 3.72. The van der Waals surface area contributed by atoms with Crippen LogP contribution in [0.5, 0.6) is 0 Å². The quantitative estimate of drug-likeness (QED) is 0.493. The van der Waals surface area contributed by atoms with E-state index in [0.717, 1.165) is 36.0 Å². The van der Waals surface area contributed by atoms with Gasteiger partial charge in [0, 0.05) is 0 Å². The molecule has 0 bridgehead atoms. The van der Waals surface area contributed by atoms with Gasteiger partial charge in [-0.1, -0.05) is 90.1 Å². The molecule has 0 spiro atoms. The van der Waals surface area contributed by atoms with Gasteiger partial charge in [0.15, 0.2) is 0 Å². The van der Waals surface area contributed by atoms with Gasteiger partial charge >= 0.3 is 0 Å². The van der Waals surface area contributed by atoms with Gasteiger partial charge in [-0.3, -0.25) is 0 Å². The van der Waals surface area contributed by atoms with Crippen molar-refractivity contribution in [3.05, 3.63) is 75.9 Å². The van der Waals surface area contributed by atoms with Crippen LogP contribution < -0.4 is 0 Å². The van der Waals surface area contributed by atoms with Gasteiger partial charge in [0.25, 0.3) is 0 Å². The van der Waals surface area contributed by atoms with Crippen molar-refractivity contribution in [1.82, 2.24) is 0 Å². The molecule has 0 heterocycles. The van der Waals surface area contributed by atoms with Crippen molar-refractivity contribution in [1.29, 1.82) is 0 Å². The monoisotopic (exact) mass is 424 g/mol. The zero-order valence-electron chi connectivity index (χ0n) is 20.1. The normalized spacial score (nSPS) is 13.7. The van der Waals surface area contributed by atoms with E-state index in [1.807, 2.05) is 51.1 Å². The van der Waals surface area contributed by atoms with Gasteiger partial charge in [-0.15, -0.1) is 0 Å². The maximum Gasteiger partial charge on any atom is 0.0772 e. The summed E-state index contributed by atoms with van der Waals surface area (Å²) >= 11 is 0. The van der Waals surface area contributed by atoms with Gasteiger partial charge in [0.2, 0.25) is 0 Å². The van der Waals surface area contributed by atoms with Crippen molar-refractivity contribution >= 4 is 6.08 Å². The van der Waals surface area contributed by atoms with E-state index >= 15 is 0 Å². The van der Waals surface area contributed by atoms with Gasteiger partial charge in [0.1, 0.15) is 0 Å². The van der Waals surface area contributed by atoms with E-state index in [9.17, 15) is 15.3 Å². The minimum Gasteiger partial charge on any atom is -0.392 e. The second kappa shape index (κ2) is 10.6. The Balaban J connectivity index is 2.18. The smallest absolute Gasteiger partial charge is 0.0772 e. The lowest BCUT2D eigenvalue weighted by Crippen LogP contribution is -2.23. The molecule has 0 saturated heterocycles. The van der Waals surface area contributed by atoms with Crippen LogP contribution in [0.2, 0.25) is 0 Å². The van der Waals surface area contributed by atoms with Crippen molar-refractivity contribution in [2.45, 2.75) is 85.5 Å². The average Bonchev–Trinajstić information content (AvgIpc) is 2.74. The highest BCUT2D eigenvalue weighted by Gasteiger charge is 2.22. The topological polar surface area (TPSA) is 60.7 Å². The molecule has 1 unspecified atom stereocenters. The Bertz CT molecular complexity index is 888. The summed E-state index contributed by atoms with van der Waals surface area (Å²) in [6.45, 7) is 12.7. The van der Waals surface area contributed by atoms with Gasteiger partial charge in [0.05, 0.1) is 19.3 Å². The largest absolute Gasteiger partial charge is 0.392 e. The van der Waals surface area contributed by atoms with E-state index in [2.05, 4.69) is 39.0 Å². The summed E-state index contributed by atoms with van der Waals surface area (Å²) in [5, 5.41) is 29.3. The van der Waals surface area contributed by atoms with E-state index in [-0.39, 0.29) is 24.0 Å². The first-order valence-corrected chi connectivity index (χ1v) is 11.3. The molecule has 0 saturated carbocycles. The van der Waals surface area contributed by atoms with Crippen LogP contribution in [-0.2, 0) is 31.5 Å². The summed E-state index contributed by atoms with van der Waals surface area (Å²) in [4.78, 5) is 0. The lowest BCUT2D eigenvalue weighted by Gasteiger charge is -2.27. The van der Waals surface area contributed by atoms with Crippen molar-refractivity contribution in [3.63, 3.8) is 0 Å². The molecule has 0 aliphatic heterocycles. The minimum atomic E-state index is -0.477. The second-order valence-corrected chi connectivity index (χ2v) is 10.2. The summed E-state index contributed by atoms with van der Waals surface area (Å²) in [6, 6.07) is 12.6. The summed E-state index contributed by atoms with van der Waals surface area (Å²) in [6.07, 6.45) is 6.30. The van der Waals surface area contributed by atoms with Crippen molar-refractivity contribution < 1.29 is 15.3 Å². The predicted octanol–water partition coefficient (Wildman–Crippen LogP) is 5.56. The first kappa shape index (κ1) is 25.3. The predicted molar refractivity (Wildman–Crippen MR) is 130 cm³/mol. The molecule has 1 atom stereocenters. The molecular formula is C28H40O3. The number of aliphatic hydroxyl groups is 3. The Morgan fingerprint density at radius 3 is 2.13 bits per heavy atom. The van der Waals surface area contributed by atoms with E-state index in [1.54, 1.807) is 0 Å². The van der Waals surface area contributed by atoms with E-state index in [1.165, 1.54) is 16.7 Å². The molecule has 0 aliphatic carbocycles. The molecule has 31 heavy (non-hydrogen) atoms. The molecule has 0 amide bonds. The summed E-state index contributed by atoms with van der Waals surface area (Å²) in [7, 11) is 0. The molecular weight excluding hydrogens is 384 g/mol. The molecule has 2 aromatic carbocycles. The lowest BCUT2D eigenvalue weighted by molar-refractivity contribution is 0.106. The summed E-state index contributed by atoms with van der Waals surface area (Å²) < 4.78 is 0. The fourth-order valence-electron chi connectivity index (χ4n) is 3.72. The van der Waals surface area contributed by atoms with E-state index in [0.29, 0.717) is 0 Å². The Labute approximate surface area is 188 Å². The van der Waals surface area contributed by atoms with Crippen LogP contribution in [-0.4, -0.2) is 21.4 Å². The van der Waals surface area contributed by atoms with Crippen molar-refractivity contribution in [2.75, 3.05) is 0 Å². The lowest BCUT2D eigenvalue weighted by atomic mass is 9.78. The molecule has 3 N–H and O–H groups in total. The highest BCUT2D eigenvalue weighted by Crippen LogP contribution is 2.31. The van der Waals surface area contributed by atoms with Crippen LogP contribution in [0.15, 0.2) is 42.5 Å². The van der Waals surface area contributed by atoms with Gasteiger partial charge in [-0.25, -0.2) is 0 Å². The van der Waals surface area contributed by atoms with Crippen LogP contribution in [0.4, 0.5) is 0 Å². The number of aliphatic hydroxyl groups excluding tert-OH is 3. The summed E-state index contributed by atoms with van der Waals surface area (Å²) in [5.41, 5.74) is 6.38. The molecule has 170 valence electrons. The fraction of sp³-hybridized carbons (Fsp3) is 0.500. The molecule has 3 nitrogen and oxygen atoms in total. The zero-order valence-corrected chi connectivity index (χ0v) is 20.1. The minimum absolute atomic E-state index is 0.00607. The van der Waals surface area contributed by atoms with Gasteiger partial charge in [-0.2, -0.15) is 0 Å². The third-order valence-electron chi connectivity index (χ3n) is 6.30. The van der Waals surface area contributed by atoms with Crippen LogP contribution in [0, 0.1) is 5.41 Å². The number of hydrogen-bond acceptors (Lipinski definition) is 3. The van der Waals surface area contributed by atoms with Crippen LogP contribution in [0.3, 0.4) is 0 Å². The maximum absolute atomic E-state index is 10.3. The highest BCUT2D eigenvalue weighted by molar-refractivity contribution is 5.56. The Kier molecular flexibility index (Phi) is 8.65. The van der Waals surface area contributed by atoms with Crippen LogP contribution >= 0.6 is 0 Å². The van der Waals surface area contributed by atoms with Crippen molar-refractivity contribution in [3.8, 4) is 0 Å². The van der Waals surface area contributed by atoms with Gasteiger partial charge < -0.3 is 15.3 Å². The molecule has 2 rings (SSSR count). The SMILES string of the molecule is CCc1cc(C(C)(C)CCc2ccc(CO)c(CO)c2)ccc1/C=C/C(O)C(C)(C)C. The van der Waals surface area contributed by atoms with Crippen LogP contribution in [0.1, 0.15) is 81.3 Å².